The zero-order valence-corrected chi connectivity index (χ0v) is 15.2. The van der Waals surface area contributed by atoms with E-state index in [0.717, 1.165) is 5.56 Å². The Morgan fingerprint density at radius 3 is 2.50 bits per heavy atom. The molecule has 0 saturated carbocycles. The third-order valence-corrected chi connectivity index (χ3v) is 4.09. The maximum atomic E-state index is 12.9. The molecule has 0 saturated heterocycles. The second-order valence-electron chi connectivity index (χ2n) is 6.25. The maximum absolute atomic E-state index is 12.9. The van der Waals surface area contributed by atoms with Crippen molar-refractivity contribution in [3.63, 3.8) is 0 Å². The molecule has 0 spiro atoms. The molecule has 144 valence electrons. The van der Waals surface area contributed by atoms with Crippen molar-refractivity contribution in [2.45, 2.75) is 25.5 Å². The lowest BCUT2D eigenvalue weighted by Crippen LogP contribution is -2.50. The maximum Gasteiger partial charge on any atom is 0.270 e. The van der Waals surface area contributed by atoms with Gasteiger partial charge in [0.1, 0.15) is 5.69 Å². The minimum absolute atomic E-state index is 0.179. The highest BCUT2D eigenvalue weighted by Gasteiger charge is 2.28. The van der Waals surface area contributed by atoms with Crippen LogP contribution in [0.25, 0.3) is 5.95 Å². The molecule has 9 heteroatoms. The summed E-state index contributed by atoms with van der Waals surface area (Å²) in [5.74, 6) is -1.22. The summed E-state index contributed by atoms with van der Waals surface area (Å²) in [6.07, 6.45) is 1.76. The van der Waals surface area contributed by atoms with Gasteiger partial charge in [-0.25, -0.2) is 9.97 Å². The first-order valence-corrected chi connectivity index (χ1v) is 8.62. The number of aliphatic hydroxyl groups is 1. The normalized spacial score (nSPS) is 12.9. The molecule has 9 nitrogen and oxygen atoms in total. The summed E-state index contributed by atoms with van der Waals surface area (Å²) in [5.41, 5.74) is 6.86. The Kier molecular flexibility index (Phi) is 5.75. The van der Waals surface area contributed by atoms with E-state index in [0.29, 0.717) is 5.69 Å². The molecule has 2 unspecified atom stereocenters. The molecule has 2 aromatic heterocycles. The molecule has 3 rings (SSSR count). The summed E-state index contributed by atoms with van der Waals surface area (Å²) in [5, 5.41) is 17.1. The molecule has 0 radical (unpaired) electrons. The average Bonchev–Trinajstić information content (AvgIpc) is 3.10. The van der Waals surface area contributed by atoms with Gasteiger partial charge in [0, 0.05) is 12.4 Å². The summed E-state index contributed by atoms with van der Waals surface area (Å²) >= 11 is 0. The molecular weight excluding hydrogens is 360 g/mol. The lowest BCUT2D eigenvalue weighted by molar-refractivity contribution is -0.127. The standard InChI is InChI=1S/C19H20N6O3/c1-12-10-15(25(24-12)19-21-8-5-9-22-19)18(28)23-14(16(26)17(20)27)11-13-6-3-2-4-7-13/h2-10,14,16,26H,11H2,1H3,(H2,20,27)(H,23,28). The number of nitrogens with one attached hydrogen (secondary N) is 1. The van der Waals surface area contributed by atoms with Gasteiger partial charge in [-0.3, -0.25) is 9.59 Å². The molecule has 0 bridgehead atoms. The van der Waals surface area contributed by atoms with Crippen LogP contribution in [-0.4, -0.2) is 48.8 Å². The average molecular weight is 380 g/mol. The number of nitrogens with zero attached hydrogens (tertiary/aromatic N) is 4. The van der Waals surface area contributed by atoms with Crippen LogP contribution >= 0.6 is 0 Å². The van der Waals surface area contributed by atoms with Gasteiger partial charge in [-0.15, -0.1) is 0 Å². The highest BCUT2D eigenvalue weighted by molar-refractivity contribution is 5.94. The summed E-state index contributed by atoms with van der Waals surface area (Å²) in [7, 11) is 0. The third-order valence-electron chi connectivity index (χ3n) is 4.09. The predicted octanol–water partition coefficient (Wildman–Crippen LogP) is 0.158. The number of aliphatic hydroxyl groups excluding tert-OH is 1. The van der Waals surface area contributed by atoms with Crippen molar-refractivity contribution >= 4 is 11.8 Å². The molecule has 1 aromatic carbocycles. The van der Waals surface area contributed by atoms with E-state index >= 15 is 0 Å². The van der Waals surface area contributed by atoms with Crippen LogP contribution in [0.4, 0.5) is 0 Å². The third kappa shape index (κ3) is 4.38. The quantitative estimate of drug-likeness (QED) is 0.534. The van der Waals surface area contributed by atoms with Crippen LogP contribution in [0, 0.1) is 6.92 Å². The minimum atomic E-state index is -1.55. The first-order chi connectivity index (χ1) is 13.5. The van der Waals surface area contributed by atoms with Crippen LogP contribution in [0.2, 0.25) is 0 Å². The van der Waals surface area contributed by atoms with E-state index in [1.807, 2.05) is 30.3 Å². The minimum Gasteiger partial charge on any atom is -0.381 e. The second-order valence-corrected chi connectivity index (χ2v) is 6.25. The number of rotatable bonds is 7. The Hall–Kier alpha value is -3.59. The second kappa shape index (κ2) is 8.40. The van der Waals surface area contributed by atoms with Crippen molar-refractivity contribution in [1.82, 2.24) is 25.1 Å². The van der Waals surface area contributed by atoms with E-state index in [1.54, 1.807) is 19.1 Å². The topological polar surface area (TPSA) is 136 Å². The van der Waals surface area contributed by atoms with Gasteiger partial charge in [-0.1, -0.05) is 30.3 Å². The first-order valence-electron chi connectivity index (χ1n) is 8.62. The highest BCUT2D eigenvalue weighted by Crippen LogP contribution is 2.11. The molecular formula is C19H20N6O3. The number of nitrogens with two attached hydrogens (primary N) is 1. The molecule has 28 heavy (non-hydrogen) atoms. The van der Waals surface area contributed by atoms with Gasteiger partial charge in [-0.05, 0) is 31.0 Å². The summed E-state index contributed by atoms with van der Waals surface area (Å²) < 4.78 is 1.31. The Morgan fingerprint density at radius 2 is 1.86 bits per heavy atom. The number of amides is 2. The van der Waals surface area contributed by atoms with E-state index in [1.165, 1.54) is 17.1 Å². The Bertz CT molecular complexity index is 958. The number of primary amides is 1. The van der Waals surface area contributed by atoms with Crippen molar-refractivity contribution in [3.05, 3.63) is 71.8 Å². The lowest BCUT2D eigenvalue weighted by Gasteiger charge is -2.22. The Balaban J connectivity index is 1.87. The molecule has 0 aliphatic heterocycles. The predicted molar refractivity (Wildman–Crippen MR) is 100 cm³/mol. The fourth-order valence-corrected chi connectivity index (χ4v) is 2.76. The van der Waals surface area contributed by atoms with Gasteiger partial charge < -0.3 is 16.2 Å². The van der Waals surface area contributed by atoms with Gasteiger partial charge >= 0.3 is 0 Å². The van der Waals surface area contributed by atoms with Crippen LogP contribution < -0.4 is 11.1 Å². The Morgan fingerprint density at radius 1 is 1.18 bits per heavy atom. The summed E-state index contributed by atoms with van der Waals surface area (Å²) in [6, 6.07) is 11.5. The highest BCUT2D eigenvalue weighted by atomic mass is 16.3. The van der Waals surface area contributed by atoms with Crippen molar-refractivity contribution in [2.24, 2.45) is 5.73 Å². The molecule has 2 atom stereocenters. The first kappa shape index (κ1) is 19.2. The van der Waals surface area contributed by atoms with Gasteiger partial charge in [0.2, 0.25) is 5.91 Å². The number of hydrogen-bond donors (Lipinski definition) is 3. The van der Waals surface area contributed by atoms with Crippen molar-refractivity contribution in [3.8, 4) is 5.95 Å². The largest absolute Gasteiger partial charge is 0.381 e. The number of carbonyl (C=O) groups is 2. The van der Waals surface area contributed by atoms with Gasteiger partial charge in [0.05, 0.1) is 11.7 Å². The monoisotopic (exact) mass is 380 g/mol. The van der Waals surface area contributed by atoms with Crippen LogP contribution in [0.1, 0.15) is 21.7 Å². The number of hydrogen-bond acceptors (Lipinski definition) is 6. The molecule has 2 heterocycles. The van der Waals surface area contributed by atoms with E-state index < -0.39 is 24.0 Å². The van der Waals surface area contributed by atoms with Crippen LogP contribution in [0.3, 0.4) is 0 Å². The van der Waals surface area contributed by atoms with Gasteiger partial charge in [0.25, 0.3) is 11.9 Å². The molecule has 2 amide bonds. The van der Waals surface area contributed by atoms with E-state index in [4.69, 9.17) is 5.73 Å². The Labute approximate surface area is 161 Å². The van der Waals surface area contributed by atoms with Crippen molar-refractivity contribution < 1.29 is 14.7 Å². The van der Waals surface area contributed by atoms with E-state index in [9.17, 15) is 14.7 Å². The van der Waals surface area contributed by atoms with Crippen LogP contribution in [-0.2, 0) is 11.2 Å². The number of benzene rings is 1. The smallest absolute Gasteiger partial charge is 0.270 e. The van der Waals surface area contributed by atoms with Crippen LogP contribution in [0.5, 0.6) is 0 Å². The zero-order chi connectivity index (χ0) is 20.1. The molecule has 0 aliphatic rings. The number of aromatic nitrogens is 4. The molecule has 0 aliphatic carbocycles. The van der Waals surface area contributed by atoms with Gasteiger partial charge in [-0.2, -0.15) is 9.78 Å². The fraction of sp³-hybridized carbons (Fsp3) is 0.211. The van der Waals surface area contributed by atoms with E-state index in [-0.39, 0.29) is 18.1 Å². The molecule has 0 fully saturated rings. The summed E-state index contributed by atoms with van der Waals surface area (Å²) in [6.45, 7) is 1.73. The summed E-state index contributed by atoms with van der Waals surface area (Å²) in [4.78, 5) is 32.6. The van der Waals surface area contributed by atoms with Crippen molar-refractivity contribution in [2.75, 3.05) is 0 Å². The van der Waals surface area contributed by atoms with Crippen molar-refractivity contribution in [1.29, 1.82) is 0 Å². The zero-order valence-electron chi connectivity index (χ0n) is 15.2. The van der Waals surface area contributed by atoms with Gasteiger partial charge in [0.15, 0.2) is 6.10 Å². The number of aryl methyl sites for hydroxylation is 1. The molecule has 3 aromatic rings. The van der Waals surface area contributed by atoms with Crippen LogP contribution in [0.15, 0.2) is 54.9 Å². The SMILES string of the molecule is Cc1cc(C(=O)NC(Cc2ccccc2)C(O)C(N)=O)n(-c2ncccn2)n1. The lowest BCUT2D eigenvalue weighted by atomic mass is 10.0. The number of carbonyl (C=O) groups excluding carboxylic acids is 2. The fourth-order valence-electron chi connectivity index (χ4n) is 2.76. The molecule has 4 N–H and O–H groups in total. The van der Waals surface area contributed by atoms with E-state index in [2.05, 4.69) is 20.4 Å².